The van der Waals surface area contributed by atoms with Gasteiger partial charge < -0.3 is 0 Å². The van der Waals surface area contributed by atoms with E-state index in [9.17, 15) is 8.42 Å². The maximum atomic E-state index is 13.6. The molecule has 0 bridgehead atoms. The molecule has 0 saturated heterocycles. The van der Waals surface area contributed by atoms with Crippen LogP contribution < -0.4 is 4.31 Å². The van der Waals surface area contributed by atoms with Crippen molar-refractivity contribution in [2.45, 2.75) is 31.5 Å². The molecular weight excluding hydrogens is 418 g/mol. The summed E-state index contributed by atoms with van der Waals surface area (Å²) >= 11 is 0. The fraction of sp³-hybridized carbons (Fsp3) is 0.154. The van der Waals surface area contributed by atoms with Gasteiger partial charge in [-0.2, -0.15) is 4.31 Å². The SMILES string of the molecule is Cc1ccc(S(=O)(=O)N(C#C[Si](C)(C)C)c2ccccc2C#Cc2ccccc2)cc1. The summed E-state index contributed by atoms with van der Waals surface area (Å²) in [6.45, 7) is 8.17. The first-order valence-electron chi connectivity index (χ1n) is 9.98. The topological polar surface area (TPSA) is 37.4 Å². The van der Waals surface area contributed by atoms with E-state index in [1.54, 1.807) is 36.4 Å². The molecule has 0 spiro atoms. The molecule has 0 aliphatic rings. The van der Waals surface area contributed by atoms with Gasteiger partial charge in [0.2, 0.25) is 0 Å². The monoisotopic (exact) mass is 443 g/mol. The fourth-order valence-corrected chi connectivity index (χ4v) is 4.50. The van der Waals surface area contributed by atoms with Gasteiger partial charge in [0, 0.05) is 11.6 Å². The van der Waals surface area contributed by atoms with Crippen LogP contribution in [0.15, 0.2) is 83.8 Å². The van der Waals surface area contributed by atoms with Crippen molar-refractivity contribution in [3.63, 3.8) is 0 Å². The third kappa shape index (κ3) is 5.89. The van der Waals surface area contributed by atoms with E-state index in [1.807, 2.05) is 49.4 Å². The van der Waals surface area contributed by atoms with Gasteiger partial charge in [0.15, 0.2) is 0 Å². The van der Waals surface area contributed by atoms with Crippen molar-refractivity contribution >= 4 is 23.8 Å². The second-order valence-corrected chi connectivity index (χ2v) is 14.7. The van der Waals surface area contributed by atoms with Crippen LogP contribution in [0, 0.1) is 30.4 Å². The number of hydrogen-bond donors (Lipinski definition) is 0. The maximum Gasteiger partial charge on any atom is 0.275 e. The predicted molar refractivity (Wildman–Crippen MR) is 131 cm³/mol. The van der Waals surface area contributed by atoms with Crippen LogP contribution in [-0.2, 0) is 10.0 Å². The first-order chi connectivity index (χ1) is 14.7. The van der Waals surface area contributed by atoms with E-state index in [0.717, 1.165) is 11.1 Å². The van der Waals surface area contributed by atoms with Crippen molar-refractivity contribution in [1.29, 1.82) is 0 Å². The normalized spacial score (nSPS) is 11.0. The van der Waals surface area contributed by atoms with Crippen molar-refractivity contribution < 1.29 is 8.42 Å². The second kappa shape index (κ2) is 9.26. The highest BCUT2D eigenvalue weighted by Gasteiger charge is 2.26. The lowest BCUT2D eigenvalue weighted by molar-refractivity contribution is 0.596. The summed E-state index contributed by atoms with van der Waals surface area (Å²) in [5.74, 6) is 6.24. The van der Waals surface area contributed by atoms with E-state index in [0.29, 0.717) is 11.3 Å². The zero-order valence-corrected chi connectivity index (χ0v) is 20.0. The average molecular weight is 444 g/mol. The van der Waals surface area contributed by atoms with Crippen molar-refractivity contribution in [2.75, 3.05) is 4.31 Å². The van der Waals surface area contributed by atoms with E-state index in [2.05, 4.69) is 43.1 Å². The Labute approximate surface area is 186 Å². The predicted octanol–water partition coefficient (Wildman–Crippen LogP) is 5.43. The Kier molecular flexibility index (Phi) is 6.70. The highest BCUT2D eigenvalue weighted by atomic mass is 32.2. The van der Waals surface area contributed by atoms with E-state index >= 15 is 0 Å². The molecular formula is C26H25NO2SSi. The van der Waals surface area contributed by atoms with Crippen LogP contribution in [0.4, 0.5) is 5.69 Å². The van der Waals surface area contributed by atoms with Gasteiger partial charge in [-0.25, -0.2) is 8.42 Å². The summed E-state index contributed by atoms with van der Waals surface area (Å²) in [7, 11) is -5.72. The number of benzene rings is 3. The molecule has 5 heteroatoms. The summed E-state index contributed by atoms with van der Waals surface area (Å²) < 4.78 is 28.3. The van der Waals surface area contributed by atoms with Gasteiger partial charge in [-0.3, -0.25) is 0 Å². The third-order valence-electron chi connectivity index (χ3n) is 4.33. The molecule has 0 radical (unpaired) electrons. The van der Waals surface area contributed by atoms with E-state index in [4.69, 9.17) is 0 Å². The molecule has 0 N–H and O–H groups in total. The quantitative estimate of drug-likeness (QED) is 0.308. The summed E-state index contributed by atoms with van der Waals surface area (Å²) in [4.78, 5) is 0.203. The Hall–Kier alpha value is -3.25. The highest BCUT2D eigenvalue weighted by molar-refractivity contribution is 7.93. The molecule has 0 amide bonds. The van der Waals surface area contributed by atoms with Crippen LogP contribution in [0.5, 0.6) is 0 Å². The minimum atomic E-state index is -3.88. The summed E-state index contributed by atoms with van der Waals surface area (Å²) in [6.07, 6.45) is 0. The van der Waals surface area contributed by atoms with Crippen LogP contribution in [0.3, 0.4) is 0 Å². The van der Waals surface area contributed by atoms with Crippen LogP contribution in [0.1, 0.15) is 16.7 Å². The number of sulfonamides is 1. The van der Waals surface area contributed by atoms with Crippen molar-refractivity contribution in [1.82, 2.24) is 0 Å². The highest BCUT2D eigenvalue weighted by Crippen LogP contribution is 2.26. The average Bonchev–Trinajstić information content (AvgIpc) is 2.73. The summed E-state index contributed by atoms with van der Waals surface area (Å²) in [5.41, 5.74) is 6.11. The van der Waals surface area contributed by atoms with Gasteiger partial charge in [0.25, 0.3) is 10.0 Å². The van der Waals surface area contributed by atoms with Crippen LogP contribution >= 0.6 is 0 Å². The number of aryl methyl sites for hydroxylation is 1. The van der Waals surface area contributed by atoms with E-state index in [-0.39, 0.29) is 4.90 Å². The first-order valence-corrected chi connectivity index (χ1v) is 14.9. The molecule has 156 valence electrons. The summed E-state index contributed by atoms with van der Waals surface area (Å²) in [6, 6.07) is 26.6. The maximum absolute atomic E-state index is 13.6. The molecule has 0 atom stereocenters. The molecule has 31 heavy (non-hydrogen) atoms. The van der Waals surface area contributed by atoms with Crippen LogP contribution in [-0.4, -0.2) is 16.5 Å². The van der Waals surface area contributed by atoms with Crippen LogP contribution in [0.2, 0.25) is 19.6 Å². The van der Waals surface area contributed by atoms with Crippen molar-refractivity contribution in [3.05, 3.63) is 95.6 Å². The zero-order valence-electron chi connectivity index (χ0n) is 18.2. The molecule has 3 aromatic carbocycles. The molecule has 0 aromatic heterocycles. The smallest absolute Gasteiger partial charge is 0.200 e. The lowest BCUT2D eigenvalue weighted by Crippen LogP contribution is -2.28. The molecule has 0 heterocycles. The van der Waals surface area contributed by atoms with Crippen molar-refractivity contribution in [2.24, 2.45) is 0 Å². The Bertz CT molecular complexity index is 1280. The Balaban J connectivity index is 2.16. The Morgan fingerprint density at radius 3 is 2.03 bits per heavy atom. The molecule has 3 nitrogen and oxygen atoms in total. The number of hydrogen-bond acceptors (Lipinski definition) is 2. The molecule has 0 unspecified atom stereocenters. The molecule has 0 aliphatic heterocycles. The Morgan fingerprint density at radius 2 is 1.39 bits per heavy atom. The molecule has 3 rings (SSSR count). The van der Waals surface area contributed by atoms with Gasteiger partial charge in [0.05, 0.1) is 16.1 Å². The number of para-hydroxylation sites is 1. The van der Waals surface area contributed by atoms with Crippen LogP contribution in [0.25, 0.3) is 0 Å². The minimum Gasteiger partial charge on any atom is -0.200 e. The van der Waals surface area contributed by atoms with Gasteiger partial charge in [-0.05, 0) is 43.3 Å². The summed E-state index contributed by atoms with van der Waals surface area (Å²) in [5, 5.41) is 0. The van der Waals surface area contributed by atoms with Gasteiger partial charge in [-0.15, -0.1) is 5.54 Å². The largest absolute Gasteiger partial charge is 0.275 e. The molecule has 0 fully saturated rings. The van der Waals surface area contributed by atoms with E-state index in [1.165, 1.54) is 4.31 Å². The van der Waals surface area contributed by atoms with Crippen molar-refractivity contribution in [3.8, 4) is 23.4 Å². The lowest BCUT2D eigenvalue weighted by Gasteiger charge is -2.20. The standard InChI is InChI=1S/C26H25NO2SSi/c1-22-14-18-25(19-15-22)30(28,29)27(20-21-31(2,3)4)26-13-9-8-12-24(26)17-16-23-10-6-5-7-11-23/h5-15,18-19H,1-4H3. The first kappa shape index (κ1) is 22.4. The second-order valence-electron chi connectivity index (χ2n) is 8.20. The fourth-order valence-electron chi connectivity index (χ4n) is 2.70. The lowest BCUT2D eigenvalue weighted by atomic mass is 10.1. The van der Waals surface area contributed by atoms with Gasteiger partial charge in [-0.1, -0.05) is 79.5 Å². The number of nitrogens with zero attached hydrogens (tertiary/aromatic N) is 1. The zero-order chi connectivity index (χ0) is 22.5. The van der Waals surface area contributed by atoms with E-state index < -0.39 is 18.1 Å². The number of rotatable bonds is 3. The van der Waals surface area contributed by atoms with Gasteiger partial charge in [0.1, 0.15) is 8.07 Å². The Morgan fingerprint density at radius 1 is 0.774 bits per heavy atom. The third-order valence-corrected chi connectivity index (χ3v) is 6.83. The number of anilines is 1. The molecule has 3 aromatic rings. The molecule has 0 aliphatic carbocycles. The molecule has 0 saturated carbocycles. The van der Waals surface area contributed by atoms with Gasteiger partial charge >= 0.3 is 0 Å². The minimum absolute atomic E-state index is 0.203.